The molecule has 3 N–H and O–H groups in total. The number of hydrogen-bond acceptors (Lipinski definition) is 3. The minimum Gasteiger partial charge on any atom is -0.493 e. The average Bonchev–Trinajstić information content (AvgIpc) is 2.82. The number of thiocarbonyl (C=S) groups is 1. The number of aromatic amines is 1. The van der Waals surface area contributed by atoms with Crippen molar-refractivity contribution in [3.63, 3.8) is 0 Å². The molecule has 5 nitrogen and oxygen atoms in total. The summed E-state index contributed by atoms with van der Waals surface area (Å²) < 4.78 is 13.5. The molecule has 0 bridgehead atoms. The minimum atomic E-state index is -0.435. The number of azo groups is 1. The number of H-pyrrole nitrogens is 1. The highest BCUT2D eigenvalue weighted by molar-refractivity contribution is 7.80. The van der Waals surface area contributed by atoms with E-state index >= 15 is 0 Å². The van der Waals surface area contributed by atoms with Gasteiger partial charge in [-0.2, -0.15) is 0 Å². The number of aromatic nitrogens is 1. The van der Waals surface area contributed by atoms with Crippen LogP contribution in [-0.2, 0) is 0 Å². The lowest BCUT2D eigenvalue weighted by atomic mass is 10.2. The third kappa shape index (κ3) is 3.19. The van der Waals surface area contributed by atoms with E-state index in [9.17, 15) is 9.50 Å². The Balaban J connectivity index is 1.85. The number of nitrogens with zero attached hydrogens (tertiary/aromatic N) is 2. The molecule has 0 aliphatic heterocycles. The predicted octanol–water partition coefficient (Wildman–Crippen LogP) is 4.80. The van der Waals surface area contributed by atoms with E-state index in [1.807, 2.05) is 25.1 Å². The Kier molecular flexibility index (Phi) is 4.03. The van der Waals surface area contributed by atoms with Gasteiger partial charge in [0.25, 0.3) is 0 Å². The van der Waals surface area contributed by atoms with Gasteiger partial charge in [0, 0.05) is 5.39 Å². The zero-order valence-electron chi connectivity index (χ0n) is 12.2. The summed E-state index contributed by atoms with van der Waals surface area (Å²) in [6.07, 6.45) is 0. The van der Waals surface area contributed by atoms with Crippen LogP contribution in [0.4, 0.5) is 15.8 Å². The molecule has 1 heterocycles. The lowest BCUT2D eigenvalue weighted by Gasteiger charge is -2.03. The molecule has 0 atom stereocenters. The largest absolute Gasteiger partial charge is 0.493 e. The van der Waals surface area contributed by atoms with E-state index in [-0.39, 0.29) is 16.7 Å². The summed E-state index contributed by atoms with van der Waals surface area (Å²) in [7, 11) is 0. The Morgan fingerprint density at radius 2 is 2.04 bits per heavy atom. The zero-order valence-corrected chi connectivity index (χ0v) is 13.0. The Labute approximate surface area is 136 Å². The van der Waals surface area contributed by atoms with Crippen LogP contribution in [0.5, 0.6) is 5.88 Å². The van der Waals surface area contributed by atoms with E-state index in [2.05, 4.69) is 20.5 Å². The van der Waals surface area contributed by atoms with Crippen molar-refractivity contribution in [2.75, 3.05) is 5.32 Å². The second-order valence-electron chi connectivity index (χ2n) is 4.98. The fraction of sp³-hybridized carbons (Fsp3) is 0.0625. The smallest absolute Gasteiger partial charge is 0.218 e. The first kappa shape index (κ1) is 15.1. The van der Waals surface area contributed by atoms with Gasteiger partial charge in [-0.3, -0.25) is 0 Å². The minimum absolute atomic E-state index is 0.00324. The molecule has 0 amide bonds. The molecule has 0 aliphatic carbocycles. The lowest BCUT2D eigenvalue weighted by Crippen LogP contribution is -2.06. The Morgan fingerprint density at radius 1 is 1.26 bits per heavy atom. The summed E-state index contributed by atoms with van der Waals surface area (Å²) in [5.41, 5.74) is 2.28. The number of hydrogen-bond donors (Lipinski definition) is 3. The van der Waals surface area contributed by atoms with Crippen LogP contribution in [0, 0.1) is 12.7 Å². The first-order valence-corrected chi connectivity index (χ1v) is 7.24. The number of rotatable bonds is 2. The number of halogens is 1. The van der Waals surface area contributed by atoms with Crippen molar-refractivity contribution in [2.24, 2.45) is 10.2 Å². The maximum absolute atomic E-state index is 13.5. The van der Waals surface area contributed by atoms with Crippen molar-refractivity contribution in [1.29, 1.82) is 0 Å². The molecule has 2 aromatic carbocycles. The second kappa shape index (κ2) is 6.13. The van der Waals surface area contributed by atoms with E-state index in [1.165, 1.54) is 6.07 Å². The zero-order chi connectivity index (χ0) is 16.4. The van der Waals surface area contributed by atoms with Gasteiger partial charge in [0.2, 0.25) is 11.0 Å². The van der Waals surface area contributed by atoms with Crippen LogP contribution in [0.3, 0.4) is 0 Å². The highest BCUT2D eigenvalue weighted by Gasteiger charge is 2.11. The van der Waals surface area contributed by atoms with Gasteiger partial charge in [-0.25, -0.2) is 4.39 Å². The Hall–Kier alpha value is -2.80. The third-order valence-electron chi connectivity index (χ3n) is 3.26. The van der Waals surface area contributed by atoms with Gasteiger partial charge in [0.05, 0.1) is 11.2 Å². The number of para-hydroxylation sites is 1. The van der Waals surface area contributed by atoms with Crippen LogP contribution in [0.2, 0.25) is 0 Å². The molecule has 7 heteroatoms. The van der Waals surface area contributed by atoms with Gasteiger partial charge < -0.3 is 15.4 Å². The van der Waals surface area contributed by atoms with E-state index in [0.29, 0.717) is 5.69 Å². The highest BCUT2D eigenvalue weighted by Crippen LogP contribution is 2.35. The van der Waals surface area contributed by atoms with Crippen molar-refractivity contribution in [1.82, 2.24) is 4.98 Å². The molecule has 0 aliphatic rings. The van der Waals surface area contributed by atoms with E-state index < -0.39 is 5.82 Å². The predicted molar refractivity (Wildman–Crippen MR) is 91.8 cm³/mol. The van der Waals surface area contributed by atoms with Crippen LogP contribution in [0.15, 0.2) is 52.7 Å². The molecule has 0 spiro atoms. The summed E-state index contributed by atoms with van der Waals surface area (Å²) in [5.74, 6) is -0.529. The summed E-state index contributed by atoms with van der Waals surface area (Å²) in [6.45, 7) is 1.94. The molecule has 0 saturated carbocycles. The molecule has 0 radical (unpaired) electrons. The quantitative estimate of drug-likeness (QED) is 0.467. The molecule has 23 heavy (non-hydrogen) atoms. The summed E-state index contributed by atoms with van der Waals surface area (Å²) in [5, 5.41) is 21.1. The molecule has 1 aromatic heterocycles. The number of benzene rings is 2. The molecular formula is C16H13FN4OS. The van der Waals surface area contributed by atoms with Crippen LogP contribution in [0.1, 0.15) is 5.56 Å². The number of anilines is 1. The van der Waals surface area contributed by atoms with Gasteiger partial charge >= 0.3 is 0 Å². The standard InChI is InChI=1S/C16H13FN4OS/c1-9-6-7-12-10(8-9)14(15(22)18-12)20-21-16(23)19-13-5-3-2-4-11(13)17/h2-8,18,22H,1H3,(H,19,23). The van der Waals surface area contributed by atoms with E-state index in [1.54, 1.807) is 18.2 Å². The molecule has 3 rings (SSSR count). The summed E-state index contributed by atoms with van der Waals surface area (Å²) >= 11 is 5.03. The van der Waals surface area contributed by atoms with Crippen molar-refractivity contribution >= 4 is 39.6 Å². The maximum Gasteiger partial charge on any atom is 0.218 e. The van der Waals surface area contributed by atoms with Crippen molar-refractivity contribution in [3.8, 4) is 5.88 Å². The Bertz CT molecular complexity index is 920. The van der Waals surface area contributed by atoms with Gasteiger partial charge in [-0.1, -0.05) is 23.8 Å². The van der Waals surface area contributed by atoms with Crippen LogP contribution < -0.4 is 5.32 Å². The highest BCUT2D eigenvalue weighted by atomic mass is 32.1. The third-order valence-corrected chi connectivity index (χ3v) is 3.45. The van der Waals surface area contributed by atoms with Crippen LogP contribution in [0.25, 0.3) is 10.9 Å². The van der Waals surface area contributed by atoms with Crippen molar-refractivity contribution in [3.05, 3.63) is 53.8 Å². The summed E-state index contributed by atoms with van der Waals surface area (Å²) in [4.78, 5) is 2.81. The average molecular weight is 328 g/mol. The Morgan fingerprint density at radius 3 is 2.83 bits per heavy atom. The number of aromatic hydroxyl groups is 1. The van der Waals surface area contributed by atoms with Gasteiger partial charge in [-0.15, -0.1) is 10.2 Å². The molecule has 3 aromatic rings. The van der Waals surface area contributed by atoms with Gasteiger partial charge in [0.15, 0.2) is 5.69 Å². The van der Waals surface area contributed by atoms with E-state index in [0.717, 1.165) is 16.5 Å². The van der Waals surface area contributed by atoms with Crippen molar-refractivity contribution < 1.29 is 9.50 Å². The maximum atomic E-state index is 13.5. The van der Waals surface area contributed by atoms with Gasteiger partial charge in [-0.05, 0) is 43.4 Å². The van der Waals surface area contributed by atoms with E-state index in [4.69, 9.17) is 12.2 Å². The van der Waals surface area contributed by atoms with Crippen molar-refractivity contribution in [2.45, 2.75) is 6.92 Å². The molecule has 116 valence electrons. The number of aryl methyl sites for hydroxylation is 1. The first-order chi connectivity index (χ1) is 11.0. The fourth-order valence-corrected chi connectivity index (χ4v) is 2.33. The molecule has 0 fully saturated rings. The second-order valence-corrected chi connectivity index (χ2v) is 5.37. The molecule has 0 saturated heterocycles. The fourth-order valence-electron chi connectivity index (χ4n) is 2.18. The van der Waals surface area contributed by atoms with Crippen LogP contribution in [-0.4, -0.2) is 15.2 Å². The molecular weight excluding hydrogens is 315 g/mol. The first-order valence-electron chi connectivity index (χ1n) is 6.83. The number of fused-ring (bicyclic) bond motifs is 1. The normalized spacial score (nSPS) is 11.2. The summed E-state index contributed by atoms with van der Waals surface area (Å²) in [6, 6.07) is 11.8. The van der Waals surface area contributed by atoms with Crippen LogP contribution >= 0.6 is 12.2 Å². The SMILES string of the molecule is Cc1ccc2[nH]c(O)c(N=NC(=S)Nc3ccccc3F)c2c1. The monoisotopic (exact) mass is 328 g/mol. The van der Waals surface area contributed by atoms with Gasteiger partial charge in [0.1, 0.15) is 5.82 Å². The number of nitrogens with one attached hydrogen (secondary N) is 2. The lowest BCUT2D eigenvalue weighted by molar-refractivity contribution is 0.459. The topological polar surface area (TPSA) is 72.8 Å². The molecule has 0 unspecified atom stereocenters.